The molecule has 0 atom stereocenters. The fraction of sp³-hybridized carbons (Fsp3) is 0.333. The lowest BCUT2D eigenvalue weighted by molar-refractivity contribution is 0.0954. The molecule has 2 N–H and O–H groups in total. The van der Waals surface area contributed by atoms with E-state index in [1.165, 1.54) is 16.5 Å². The topological polar surface area (TPSA) is 61.0 Å². The van der Waals surface area contributed by atoms with E-state index in [-0.39, 0.29) is 5.91 Å². The van der Waals surface area contributed by atoms with E-state index >= 15 is 0 Å². The van der Waals surface area contributed by atoms with Crippen LogP contribution in [0.3, 0.4) is 0 Å². The number of fused-ring (bicyclic) bond motifs is 1. The lowest BCUT2D eigenvalue weighted by Gasteiger charge is -2.17. The molecule has 1 aromatic carbocycles. The highest BCUT2D eigenvalue weighted by Gasteiger charge is 2.17. The number of H-pyrrole nitrogens is 1. The summed E-state index contributed by atoms with van der Waals surface area (Å²) >= 11 is 6.14. The molecule has 0 saturated carbocycles. The Morgan fingerprint density at radius 1 is 1.26 bits per heavy atom. The first kappa shape index (κ1) is 17.9. The summed E-state index contributed by atoms with van der Waals surface area (Å²) in [6, 6.07) is 9.84. The molecule has 1 fully saturated rings. The second kappa shape index (κ2) is 7.61. The van der Waals surface area contributed by atoms with Gasteiger partial charge in [-0.25, -0.2) is 4.98 Å². The average Bonchev–Trinajstić information content (AvgIpc) is 3.31. The number of benzene rings is 1. The number of amides is 1. The fourth-order valence-corrected chi connectivity index (χ4v) is 3.85. The van der Waals surface area contributed by atoms with Gasteiger partial charge in [0.15, 0.2) is 0 Å². The van der Waals surface area contributed by atoms with Crippen LogP contribution in [0.25, 0.3) is 10.9 Å². The second-order valence-corrected chi connectivity index (χ2v) is 7.49. The first-order valence-corrected chi connectivity index (χ1v) is 9.75. The van der Waals surface area contributed by atoms with E-state index in [4.69, 9.17) is 11.6 Å². The van der Waals surface area contributed by atoms with Crippen LogP contribution in [0.2, 0.25) is 5.15 Å². The van der Waals surface area contributed by atoms with Crippen molar-refractivity contribution < 1.29 is 4.79 Å². The number of carbonyl (C=O) groups is 1. The highest BCUT2D eigenvalue weighted by molar-refractivity contribution is 6.29. The number of carbonyl (C=O) groups excluding carboxylic acids is 1. The molecule has 1 saturated heterocycles. The minimum atomic E-state index is -0.115. The smallest absolute Gasteiger partial charge is 0.251 e. The molecule has 0 unspecified atom stereocenters. The molecule has 1 aliphatic rings. The standard InChI is InChI=1S/C21H23ClN4O/c1-14-4-5-17-15(13-24-18(17)10-14)6-7-23-21(27)16-11-19(22)25-20(12-16)26-8-2-3-9-26/h4-5,10-13,24H,2-3,6-9H2,1H3,(H,23,27). The van der Waals surface area contributed by atoms with E-state index in [0.717, 1.165) is 43.7 Å². The highest BCUT2D eigenvalue weighted by atomic mass is 35.5. The molecule has 0 spiro atoms. The van der Waals surface area contributed by atoms with Crippen LogP contribution < -0.4 is 10.2 Å². The van der Waals surface area contributed by atoms with Gasteiger partial charge < -0.3 is 15.2 Å². The van der Waals surface area contributed by atoms with Crippen molar-refractivity contribution in [2.24, 2.45) is 0 Å². The zero-order valence-electron chi connectivity index (χ0n) is 15.4. The van der Waals surface area contributed by atoms with Crippen molar-refractivity contribution in [3.8, 4) is 0 Å². The predicted molar refractivity (Wildman–Crippen MR) is 110 cm³/mol. The Bertz CT molecular complexity index is 975. The van der Waals surface area contributed by atoms with Crippen LogP contribution in [0.4, 0.5) is 5.82 Å². The number of halogens is 1. The van der Waals surface area contributed by atoms with Gasteiger partial charge >= 0.3 is 0 Å². The largest absolute Gasteiger partial charge is 0.361 e. The van der Waals surface area contributed by atoms with Gasteiger partial charge in [-0.1, -0.05) is 23.7 Å². The van der Waals surface area contributed by atoms with E-state index in [0.29, 0.717) is 17.3 Å². The summed E-state index contributed by atoms with van der Waals surface area (Å²) < 4.78 is 0. The molecule has 0 aliphatic carbocycles. The molecule has 27 heavy (non-hydrogen) atoms. The van der Waals surface area contributed by atoms with E-state index in [2.05, 4.69) is 45.3 Å². The van der Waals surface area contributed by atoms with Gasteiger partial charge in [0, 0.05) is 42.3 Å². The van der Waals surface area contributed by atoms with Crippen molar-refractivity contribution in [1.29, 1.82) is 0 Å². The number of anilines is 1. The number of aromatic nitrogens is 2. The van der Waals surface area contributed by atoms with Gasteiger partial charge in [-0.3, -0.25) is 4.79 Å². The van der Waals surface area contributed by atoms with E-state index in [9.17, 15) is 4.79 Å². The first-order chi connectivity index (χ1) is 13.1. The number of aromatic amines is 1. The minimum Gasteiger partial charge on any atom is -0.361 e. The lowest BCUT2D eigenvalue weighted by Crippen LogP contribution is -2.26. The maximum atomic E-state index is 12.6. The van der Waals surface area contributed by atoms with E-state index in [1.807, 2.05) is 12.3 Å². The molecule has 6 heteroatoms. The van der Waals surface area contributed by atoms with Crippen LogP contribution in [-0.4, -0.2) is 35.5 Å². The number of hydrogen-bond acceptors (Lipinski definition) is 3. The van der Waals surface area contributed by atoms with Crippen LogP contribution in [-0.2, 0) is 6.42 Å². The maximum Gasteiger partial charge on any atom is 0.251 e. The number of nitrogens with zero attached hydrogens (tertiary/aromatic N) is 2. The van der Waals surface area contributed by atoms with Crippen molar-refractivity contribution in [3.05, 3.63) is 58.4 Å². The number of nitrogens with one attached hydrogen (secondary N) is 2. The van der Waals surface area contributed by atoms with Crippen LogP contribution in [0.15, 0.2) is 36.5 Å². The number of aryl methyl sites for hydroxylation is 1. The van der Waals surface area contributed by atoms with Gasteiger partial charge in [-0.05, 0) is 55.5 Å². The fourth-order valence-electron chi connectivity index (χ4n) is 3.64. The SMILES string of the molecule is Cc1ccc2c(CCNC(=O)c3cc(Cl)nc(N4CCCC4)c3)c[nH]c2c1. The summed E-state index contributed by atoms with van der Waals surface area (Å²) in [4.78, 5) is 22.4. The minimum absolute atomic E-state index is 0.115. The quantitative estimate of drug-likeness (QED) is 0.653. The van der Waals surface area contributed by atoms with Crippen LogP contribution in [0.5, 0.6) is 0 Å². The second-order valence-electron chi connectivity index (χ2n) is 7.10. The van der Waals surface area contributed by atoms with Crippen LogP contribution >= 0.6 is 11.6 Å². The third kappa shape index (κ3) is 3.93. The maximum absolute atomic E-state index is 12.6. The monoisotopic (exact) mass is 382 g/mol. The van der Waals surface area contributed by atoms with Crippen LogP contribution in [0, 0.1) is 6.92 Å². The van der Waals surface area contributed by atoms with Gasteiger partial charge in [-0.15, -0.1) is 0 Å². The summed E-state index contributed by atoms with van der Waals surface area (Å²) in [5.41, 5.74) is 4.13. The molecular weight excluding hydrogens is 360 g/mol. The zero-order valence-corrected chi connectivity index (χ0v) is 16.1. The van der Waals surface area contributed by atoms with Crippen molar-refractivity contribution in [1.82, 2.24) is 15.3 Å². The Labute approximate surface area is 163 Å². The molecule has 3 heterocycles. The number of pyridine rings is 1. The molecule has 0 bridgehead atoms. The Balaban J connectivity index is 1.41. The Kier molecular flexibility index (Phi) is 5.03. The van der Waals surface area contributed by atoms with Gasteiger partial charge in [0.2, 0.25) is 0 Å². The molecule has 2 aromatic heterocycles. The lowest BCUT2D eigenvalue weighted by atomic mass is 10.1. The molecule has 3 aromatic rings. The molecule has 1 aliphatic heterocycles. The molecule has 4 rings (SSSR count). The summed E-state index contributed by atoms with van der Waals surface area (Å²) in [7, 11) is 0. The molecular formula is C21H23ClN4O. The first-order valence-electron chi connectivity index (χ1n) is 9.37. The third-order valence-electron chi connectivity index (χ3n) is 5.08. The van der Waals surface area contributed by atoms with Gasteiger partial charge in [-0.2, -0.15) is 0 Å². The molecule has 5 nitrogen and oxygen atoms in total. The molecule has 140 valence electrons. The number of rotatable bonds is 5. The van der Waals surface area contributed by atoms with Crippen LogP contribution in [0.1, 0.15) is 34.3 Å². The van der Waals surface area contributed by atoms with Crippen molar-refractivity contribution in [2.45, 2.75) is 26.2 Å². The van der Waals surface area contributed by atoms with Crippen molar-refractivity contribution in [2.75, 3.05) is 24.5 Å². The van der Waals surface area contributed by atoms with Gasteiger partial charge in [0.05, 0.1) is 0 Å². The summed E-state index contributed by atoms with van der Waals surface area (Å²) in [6.07, 6.45) is 5.09. The predicted octanol–water partition coefficient (Wildman–Crippen LogP) is 4.10. The summed E-state index contributed by atoms with van der Waals surface area (Å²) in [6.45, 7) is 4.58. The normalized spacial score (nSPS) is 14.1. The molecule has 1 amide bonds. The summed E-state index contributed by atoms with van der Waals surface area (Å²) in [5.74, 6) is 0.674. The van der Waals surface area contributed by atoms with Gasteiger partial charge in [0.1, 0.15) is 11.0 Å². The Hall–Kier alpha value is -2.53. The van der Waals surface area contributed by atoms with Gasteiger partial charge in [0.25, 0.3) is 5.91 Å². The van der Waals surface area contributed by atoms with Crippen molar-refractivity contribution in [3.63, 3.8) is 0 Å². The third-order valence-corrected chi connectivity index (χ3v) is 5.27. The zero-order chi connectivity index (χ0) is 18.8. The average molecular weight is 383 g/mol. The van der Waals surface area contributed by atoms with Crippen molar-refractivity contribution >= 4 is 34.2 Å². The molecule has 0 radical (unpaired) electrons. The Morgan fingerprint density at radius 2 is 2.07 bits per heavy atom. The highest BCUT2D eigenvalue weighted by Crippen LogP contribution is 2.22. The Morgan fingerprint density at radius 3 is 2.89 bits per heavy atom. The van der Waals surface area contributed by atoms with E-state index < -0.39 is 0 Å². The number of hydrogen-bond donors (Lipinski definition) is 2. The summed E-state index contributed by atoms with van der Waals surface area (Å²) in [5, 5.41) is 4.57. The van der Waals surface area contributed by atoms with E-state index in [1.54, 1.807) is 6.07 Å².